The van der Waals surface area contributed by atoms with E-state index in [9.17, 15) is 13.2 Å². The van der Waals surface area contributed by atoms with Gasteiger partial charge in [0, 0.05) is 17.8 Å². The molecule has 3 fully saturated rings. The molecule has 1 aromatic carbocycles. The van der Waals surface area contributed by atoms with Gasteiger partial charge in [-0.2, -0.15) is 0 Å². The van der Waals surface area contributed by atoms with Crippen LogP contribution in [-0.2, 0) is 14.6 Å². The molecule has 0 aromatic heterocycles. The molecular formula is C21H30N2O3S. The summed E-state index contributed by atoms with van der Waals surface area (Å²) in [5, 5.41) is 0. The third-order valence-corrected chi connectivity index (χ3v) is 8.11. The van der Waals surface area contributed by atoms with E-state index in [1.54, 1.807) is 4.90 Å². The van der Waals surface area contributed by atoms with Crippen molar-refractivity contribution in [3.05, 3.63) is 29.3 Å². The van der Waals surface area contributed by atoms with Crippen LogP contribution < -0.4 is 4.90 Å². The van der Waals surface area contributed by atoms with Gasteiger partial charge in [0.1, 0.15) is 0 Å². The fourth-order valence-electron chi connectivity index (χ4n) is 5.32. The zero-order valence-corrected chi connectivity index (χ0v) is 17.2. The van der Waals surface area contributed by atoms with Gasteiger partial charge in [-0.3, -0.25) is 9.69 Å². The first-order valence-corrected chi connectivity index (χ1v) is 12.0. The number of aryl methyl sites for hydroxylation is 2. The summed E-state index contributed by atoms with van der Waals surface area (Å²) < 4.78 is 25.1. The van der Waals surface area contributed by atoms with Gasteiger partial charge in [0.25, 0.3) is 0 Å². The Morgan fingerprint density at radius 1 is 0.889 bits per heavy atom. The predicted molar refractivity (Wildman–Crippen MR) is 108 cm³/mol. The van der Waals surface area contributed by atoms with E-state index in [1.807, 2.05) is 26.0 Å². The molecule has 0 bridgehead atoms. The average Bonchev–Trinajstić information content (AvgIpc) is 2.74. The lowest BCUT2D eigenvalue weighted by atomic mass is 9.97. The molecule has 2 saturated heterocycles. The number of amides is 1. The monoisotopic (exact) mass is 390 g/mol. The first-order chi connectivity index (χ1) is 12.8. The van der Waals surface area contributed by atoms with Crippen LogP contribution in [0.25, 0.3) is 0 Å². The minimum atomic E-state index is -3.13. The van der Waals surface area contributed by atoms with E-state index in [4.69, 9.17) is 0 Å². The summed E-state index contributed by atoms with van der Waals surface area (Å²) in [5.41, 5.74) is 3.05. The standard InChI is InChI=1S/C21H30N2O3S/c1-15-9-16(2)11-18(10-15)23-20-14-27(25,26)13-19(20)22(12-21(23)24)17-7-5-3-4-6-8-17/h9-11,17,19-20H,3-8,12-14H2,1-2H3/t19-,20+/m0/s1. The van der Waals surface area contributed by atoms with Crippen LogP contribution in [0.5, 0.6) is 0 Å². The SMILES string of the molecule is Cc1cc(C)cc(N2C(=O)CN(C3CCCCCC3)[C@H]3CS(=O)(=O)C[C@H]32)c1. The van der Waals surface area contributed by atoms with Gasteiger partial charge in [-0.05, 0) is 49.9 Å². The van der Waals surface area contributed by atoms with Crippen molar-refractivity contribution in [1.29, 1.82) is 0 Å². The molecule has 2 atom stereocenters. The van der Waals surface area contributed by atoms with Gasteiger partial charge in [0.2, 0.25) is 5.91 Å². The average molecular weight is 391 g/mol. The van der Waals surface area contributed by atoms with Crippen molar-refractivity contribution in [2.24, 2.45) is 0 Å². The maximum Gasteiger partial charge on any atom is 0.241 e. The second-order valence-electron chi connectivity index (χ2n) is 8.64. The molecule has 3 aliphatic rings. The zero-order chi connectivity index (χ0) is 19.2. The summed E-state index contributed by atoms with van der Waals surface area (Å²) in [6.07, 6.45) is 7.03. The Morgan fingerprint density at radius 3 is 2.11 bits per heavy atom. The van der Waals surface area contributed by atoms with Crippen LogP contribution in [0.1, 0.15) is 49.7 Å². The number of hydrogen-bond donors (Lipinski definition) is 0. The van der Waals surface area contributed by atoms with Crippen LogP contribution in [0.3, 0.4) is 0 Å². The number of carbonyl (C=O) groups excluding carboxylic acids is 1. The van der Waals surface area contributed by atoms with Crippen LogP contribution in [0.4, 0.5) is 5.69 Å². The first kappa shape index (κ1) is 18.9. The van der Waals surface area contributed by atoms with Gasteiger partial charge < -0.3 is 4.90 Å². The highest BCUT2D eigenvalue weighted by atomic mass is 32.2. The van der Waals surface area contributed by atoms with E-state index >= 15 is 0 Å². The molecule has 0 spiro atoms. The van der Waals surface area contributed by atoms with E-state index in [2.05, 4.69) is 11.0 Å². The summed E-state index contributed by atoms with van der Waals surface area (Å²) in [5.74, 6) is 0.310. The number of rotatable bonds is 2. The second-order valence-corrected chi connectivity index (χ2v) is 10.8. The molecule has 148 valence electrons. The lowest BCUT2D eigenvalue weighted by Crippen LogP contribution is -2.64. The maximum atomic E-state index is 13.2. The molecule has 1 saturated carbocycles. The number of piperazine rings is 1. The molecule has 4 rings (SSSR count). The highest BCUT2D eigenvalue weighted by molar-refractivity contribution is 7.91. The quantitative estimate of drug-likeness (QED) is 0.729. The Labute approximate surface area is 162 Å². The fraction of sp³-hybridized carbons (Fsp3) is 0.667. The third kappa shape index (κ3) is 3.79. The summed E-state index contributed by atoms with van der Waals surface area (Å²) >= 11 is 0. The van der Waals surface area contributed by atoms with Crippen molar-refractivity contribution >= 4 is 21.4 Å². The van der Waals surface area contributed by atoms with E-state index in [-0.39, 0.29) is 29.5 Å². The van der Waals surface area contributed by atoms with Crippen LogP contribution in [0.2, 0.25) is 0 Å². The highest BCUT2D eigenvalue weighted by Gasteiger charge is 2.51. The zero-order valence-electron chi connectivity index (χ0n) is 16.4. The van der Waals surface area contributed by atoms with Crippen LogP contribution in [0, 0.1) is 13.8 Å². The molecule has 1 amide bonds. The molecule has 1 aliphatic carbocycles. The largest absolute Gasteiger partial charge is 0.306 e. The Morgan fingerprint density at radius 2 is 1.48 bits per heavy atom. The molecule has 6 heteroatoms. The van der Waals surface area contributed by atoms with Gasteiger partial charge in [-0.15, -0.1) is 0 Å². The van der Waals surface area contributed by atoms with Gasteiger partial charge in [-0.1, -0.05) is 31.7 Å². The number of nitrogens with zero attached hydrogens (tertiary/aromatic N) is 2. The number of anilines is 1. The van der Waals surface area contributed by atoms with Gasteiger partial charge in [0.05, 0.1) is 24.1 Å². The number of sulfone groups is 1. The Hall–Kier alpha value is -1.40. The Bertz CT molecular complexity index is 808. The summed E-state index contributed by atoms with van der Waals surface area (Å²) in [6.45, 7) is 4.38. The summed E-state index contributed by atoms with van der Waals surface area (Å²) in [6, 6.07) is 6.11. The van der Waals surface area contributed by atoms with Crippen LogP contribution in [-0.4, -0.2) is 55.4 Å². The molecule has 0 unspecified atom stereocenters. The minimum absolute atomic E-state index is 0.0441. The van der Waals surface area contributed by atoms with Crippen molar-refractivity contribution < 1.29 is 13.2 Å². The first-order valence-electron chi connectivity index (χ1n) is 10.2. The van der Waals surface area contributed by atoms with Crippen LogP contribution in [0.15, 0.2) is 18.2 Å². The number of carbonyl (C=O) groups is 1. The lowest BCUT2D eigenvalue weighted by molar-refractivity contribution is -0.124. The highest BCUT2D eigenvalue weighted by Crippen LogP contribution is 2.35. The third-order valence-electron chi connectivity index (χ3n) is 6.42. The van der Waals surface area contributed by atoms with Gasteiger partial charge >= 0.3 is 0 Å². The molecule has 2 aliphatic heterocycles. The molecular weight excluding hydrogens is 360 g/mol. The van der Waals surface area contributed by atoms with Crippen LogP contribution >= 0.6 is 0 Å². The predicted octanol–water partition coefficient (Wildman–Crippen LogP) is 2.84. The summed E-state index contributed by atoms with van der Waals surface area (Å²) in [4.78, 5) is 17.2. The van der Waals surface area contributed by atoms with Crippen molar-refractivity contribution in [3.8, 4) is 0 Å². The minimum Gasteiger partial charge on any atom is -0.306 e. The molecule has 0 radical (unpaired) electrons. The van der Waals surface area contributed by atoms with Gasteiger partial charge in [-0.25, -0.2) is 8.42 Å². The van der Waals surface area contributed by atoms with Crippen molar-refractivity contribution in [2.75, 3.05) is 23.0 Å². The molecule has 27 heavy (non-hydrogen) atoms. The van der Waals surface area contributed by atoms with E-state index in [0.29, 0.717) is 12.6 Å². The van der Waals surface area contributed by atoms with Crippen molar-refractivity contribution in [1.82, 2.24) is 4.90 Å². The fourth-order valence-corrected chi connectivity index (χ4v) is 7.28. The molecule has 2 heterocycles. The van der Waals surface area contributed by atoms with Gasteiger partial charge in [0.15, 0.2) is 9.84 Å². The lowest BCUT2D eigenvalue weighted by Gasteiger charge is -2.46. The smallest absolute Gasteiger partial charge is 0.241 e. The number of hydrogen-bond acceptors (Lipinski definition) is 4. The maximum absolute atomic E-state index is 13.2. The molecule has 0 N–H and O–H groups in total. The van der Waals surface area contributed by atoms with E-state index < -0.39 is 9.84 Å². The Balaban J connectivity index is 1.69. The van der Waals surface area contributed by atoms with E-state index in [0.717, 1.165) is 29.7 Å². The normalized spacial score (nSPS) is 29.6. The van der Waals surface area contributed by atoms with Crippen molar-refractivity contribution in [3.63, 3.8) is 0 Å². The second kappa shape index (κ2) is 7.21. The summed E-state index contributed by atoms with van der Waals surface area (Å²) in [7, 11) is -3.13. The Kier molecular flexibility index (Phi) is 5.06. The molecule has 1 aromatic rings. The topological polar surface area (TPSA) is 57.7 Å². The van der Waals surface area contributed by atoms with Crippen molar-refractivity contribution in [2.45, 2.75) is 70.5 Å². The number of benzene rings is 1. The molecule has 5 nitrogen and oxygen atoms in total. The number of fused-ring (bicyclic) bond motifs is 1. The van der Waals surface area contributed by atoms with E-state index in [1.165, 1.54) is 25.7 Å².